The molecule has 0 aliphatic heterocycles. The van der Waals surface area contributed by atoms with Crippen molar-refractivity contribution in [1.29, 1.82) is 0 Å². The summed E-state index contributed by atoms with van der Waals surface area (Å²) in [5.74, 6) is 1.23. The molecule has 1 aromatic carbocycles. The third kappa shape index (κ3) is 3.17. The summed E-state index contributed by atoms with van der Waals surface area (Å²) in [6.07, 6.45) is -0.762. The lowest BCUT2D eigenvalue weighted by molar-refractivity contribution is -0.137. The number of hydrogen-bond donors (Lipinski definition) is 1. The van der Waals surface area contributed by atoms with Crippen LogP contribution in [-0.4, -0.2) is 7.05 Å². The molecule has 4 heteroatoms. The van der Waals surface area contributed by atoms with Crippen LogP contribution in [-0.2, 0) is 6.18 Å². The maximum absolute atomic E-state index is 12.7. The Bertz CT molecular complexity index is 467. The van der Waals surface area contributed by atoms with Gasteiger partial charge in [0.2, 0.25) is 0 Å². The van der Waals surface area contributed by atoms with Gasteiger partial charge in [-0.1, -0.05) is 19.4 Å². The number of rotatable bonds is 3. The SMILES string of the molecule is CNC(c1ccc(C(F)(F)F)cc1C)C1CCC(C)C1. The Balaban J connectivity index is 2.27. The molecule has 2 rings (SSSR count). The zero-order valence-corrected chi connectivity index (χ0v) is 12.2. The third-order valence-electron chi connectivity index (χ3n) is 4.45. The molecule has 1 nitrogen and oxygen atoms in total. The highest BCUT2D eigenvalue weighted by atomic mass is 19.4. The summed E-state index contributed by atoms with van der Waals surface area (Å²) < 4.78 is 38.2. The molecule has 0 spiro atoms. The lowest BCUT2D eigenvalue weighted by Gasteiger charge is -2.26. The van der Waals surface area contributed by atoms with Crippen molar-refractivity contribution in [3.63, 3.8) is 0 Å². The fourth-order valence-corrected chi connectivity index (χ4v) is 3.40. The largest absolute Gasteiger partial charge is 0.416 e. The Labute approximate surface area is 118 Å². The van der Waals surface area contributed by atoms with Gasteiger partial charge in [-0.25, -0.2) is 0 Å². The van der Waals surface area contributed by atoms with Crippen LogP contribution in [0, 0.1) is 18.8 Å². The van der Waals surface area contributed by atoms with Crippen LogP contribution in [0.3, 0.4) is 0 Å². The number of halogens is 3. The molecule has 1 aromatic rings. The van der Waals surface area contributed by atoms with Crippen LogP contribution >= 0.6 is 0 Å². The summed E-state index contributed by atoms with van der Waals surface area (Å²) in [5, 5.41) is 3.30. The molecular formula is C16H22F3N. The van der Waals surface area contributed by atoms with Crippen molar-refractivity contribution >= 4 is 0 Å². The molecule has 112 valence electrons. The molecule has 3 unspecified atom stereocenters. The van der Waals surface area contributed by atoms with Gasteiger partial charge in [-0.15, -0.1) is 0 Å². The Hall–Kier alpha value is -1.03. The lowest BCUT2D eigenvalue weighted by atomic mass is 9.88. The Morgan fingerprint density at radius 3 is 2.40 bits per heavy atom. The van der Waals surface area contributed by atoms with Gasteiger partial charge in [-0.05, 0) is 61.9 Å². The van der Waals surface area contributed by atoms with E-state index in [1.165, 1.54) is 18.6 Å². The van der Waals surface area contributed by atoms with Gasteiger partial charge in [0.1, 0.15) is 0 Å². The zero-order valence-electron chi connectivity index (χ0n) is 12.2. The van der Waals surface area contributed by atoms with Gasteiger partial charge in [0, 0.05) is 6.04 Å². The summed E-state index contributed by atoms with van der Waals surface area (Å²) in [6, 6.07) is 4.26. The molecule has 0 aromatic heterocycles. The molecule has 1 N–H and O–H groups in total. The van der Waals surface area contributed by atoms with Crippen LogP contribution in [0.5, 0.6) is 0 Å². The van der Waals surface area contributed by atoms with E-state index < -0.39 is 11.7 Å². The van der Waals surface area contributed by atoms with Crippen LogP contribution in [0.25, 0.3) is 0 Å². The maximum atomic E-state index is 12.7. The minimum Gasteiger partial charge on any atom is -0.313 e. The fraction of sp³-hybridized carbons (Fsp3) is 0.625. The molecule has 0 amide bonds. The molecular weight excluding hydrogens is 263 g/mol. The van der Waals surface area contributed by atoms with Gasteiger partial charge >= 0.3 is 6.18 Å². The summed E-state index contributed by atoms with van der Waals surface area (Å²) in [6.45, 7) is 4.01. The van der Waals surface area contributed by atoms with Crippen molar-refractivity contribution < 1.29 is 13.2 Å². The maximum Gasteiger partial charge on any atom is 0.416 e. The number of alkyl halides is 3. The van der Waals surface area contributed by atoms with Gasteiger partial charge in [-0.3, -0.25) is 0 Å². The third-order valence-corrected chi connectivity index (χ3v) is 4.45. The number of hydrogen-bond acceptors (Lipinski definition) is 1. The summed E-state index contributed by atoms with van der Waals surface area (Å²) in [5.41, 5.74) is 1.16. The minimum absolute atomic E-state index is 0.155. The van der Waals surface area contributed by atoms with Gasteiger partial charge < -0.3 is 5.32 Å². The van der Waals surface area contributed by atoms with Crippen LogP contribution in [0.2, 0.25) is 0 Å². The molecule has 1 saturated carbocycles. The van der Waals surface area contributed by atoms with E-state index in [9.17, 15) is 13.2 Å². The highest BCUT2D eigenvalue weighted by Crippen LogP contribution is 2.40. The van der Waals surface area contributed by atoms with Gasteiger partial charge in [0.15, 0.2) is 0 Å². The van der Waals surface area contributed by atoms with Crippen LogP contribution in [0.1, 0.15) is 48.9 Å². The van der Waals surface area contributed by atoms with Crippen molar-refractivity contribution in [3.05, 3.63) is 34.9 Å². The predicted octanol–water partition coefficient (Wildman–Crippen LogP) is 4.71. The normalized spacial score (nSPS) is 24.9. The fourth-order valence-electron chi connectivity index (χ4n) is 3.40. The zero-order chi connectivity index (χ0) is 14.9. The predicted molar refractivity (Wildman–Crippen MR) is 74.5 cm³/mol. The van der Waals surface area contributed by atoms with Gasteiger partial charge in [-0.2, -0.15) is 13.2 Å². The molecule has 3 atom stereocenters. The number of benzene rings is 1. The molecule has 1 aliphatic carbocycles. The smallest absolute Gasteiger partial charge is 0.313 e. The van der Waals surface area contributed by atoms with Gasteiger partial charge in [0.05, 0.1) is 5.56 Å². The molecule has 1 aliphatic rings. The van der Waals surface area contributed by atoms with E-state index in [2.05, 4.69) is 12.2 Å². The molecule has 0 saturated heterocycles. The highest BCUT2D eigenvalue weighted by molar-refractivity contribution is 5.35. The van der Waals surface area contributed by atoms with E-state index >= 15 is 0 Å². The molecule has 1 fully saturated rings. The number of aryl methyl sites for hydroxylation is 1. The second kappa shape index (κ2) is 5.76. The van der Waals surface area contributed by atoms with Crippen LogP contribution in [0.4, 0.5) is 13.2 Å². The average Bonchev–Trinajstić information content (AvgIpc) is 2.77. The first-order chi connectivity index (χ1) is 9.32. The quantitative estimate of drug-likeness (QED) is 0.848. The molecule has 0 radical (unpaired) electrons. The van der Waals surface area contributed by atoms with E-state index in [-0.39, 0.29) is 6.04 Å². The topological polar surface area (TPSA) is 12.0 Å². The second-order valence-electron chi connectivity index (χ2n) is 6.01. The lowest BCUT2D eigenvalue weighted by Crippen LogP contribution is -2.25. The summed E-state index contributed by atoms with van der Waals surface area (Å²) in [7, 11) is 1.89. The minimum atomic E-state index is -4.26. The van der Waals surface area contributed by atoms with E-state index in [0.29, 0.717) is 11.8 Å². The van der Waals surface area contributed by atoms with Crippen LogP contribution in [0.15, 0.2) is 18.2 Å². The summed E-state index contributed by atoms with van der Waals surface area (Å²) in [4.78, 5) is 0. The van der Waals surface area contributed by atoms with Crippen molar-refractivity contribution in [1.82, 2.24) is 5.32 Å². The van der Waals surface area contributed by atoms with Crippen LogP contribution < -0.4 is 5.32 Å². The highest BCUT2D eigenvalue weighted by Gasteiger charge is 2.33. The van der Waals surface area contributed by atoms with Crippen molar-refractivity contribution in [2.45, 2.75) is 45.3 Å². The first-order valence-electron chi connectivity index (χ1n) is 7.18. The standard InChI is InChI=1S/C16H22F3N/c1-10-4-5-12(8-10)15(20-3)14-7-6-13(9-11(14)2)16(17,18)19/h6-7,9-10,12,15,20H,4-5,8H2,1-3H3. The Morgan fingerprint density at radius 1 is 1.25 bits per heavy atom. The Morgan fingerprint density at radius 2 is 1.95 bits per heavy atom. The van der Waals surface area contributed by atoms with E-state index in [4.69, 9.17) is 0 Å². The molecule has 0 bridgehead atoms. The van der Waals surface area contributed by atoms with Crippen molar-refractivity contribution in [2.75, 3.05) is 7.05 Å². The van der Waals surface area contributed by atoms with E-state index in [0.717, 1.165) is 24.0 Å². The average molecular weight is 285 g/mol. The second-order valence-corrected chi connectivity index (χ2v) is 6.01. The monoisotopic (exact) mass is 285 g/mol. The van der Waals surface area contributed by atoms with E-state index in [1.807, 2.05) is 7.05 Å². The first kappa shape index (κ1) is 15.4. The number of nitrogens with one attached hydrogen (secondary N) is 1. The van der Waals surface area contributed by atoms with E-state index in [1.54, 1.807) is 13.0 Å². The van der Waals surface area contributed by atoms with Gasteiger partial charge in [0.25, 0.3) is 0 Å². The molecule has 0 heterocycles. The summed E-state index contributed by atoms with van der Waals surface area (Å²) >= 11 is 0. The first-order valence-corrected chi connectivity index (χ1v) is 7.18. The van der Waals surface area contributed by atoms with Crippen molar-refractivity contribution in [2.24, 2.45) is 11.8 Å². The van der Waals surface area contributed by atoms with Crippen molar-refractivity contribution in [3.8, 4) is 0 Å². The Kier molecular flexibility index (Phi) is 4.43. The molecule has 20 heavy (non-hydrogen) atoms.